The van der Waals surface area contributed by atoms with E-state index in [-0.39, 0.29) is 98.1 Å². The van der Waals surface area contributed by atoms with E-state index in [9.17, 15) is 0 Å². The molecule has 0 spiro atoms. The van der Waals surface area contributed by atoms with Crippen LogP contribution in [0.15, 0.2) is 0 Å². The predicted octanol–water partition coefficient (Wildman–Crippen LogP) is 3.42. The maximum absolute atomic E-state index is 2.37. The molecule has 0 bridgehead atoms. The molecule has 2 saturated carbocycles. The average Bonchev–Trinajstić information content (AvgIpc) is 2.41. The van der Waals surface area contributed by atoms with Crippen molar-refractivity contribution in [3.05, 3.63) is 5.92 Å². The average molecular weight is 418 g/mol. The Morgan fingerprint density at radius 2 is 1.64 bits per heavy atom. The number of rotatable bonds is 1. The molecule has 2 rings (SSSR count). The third kappa shape index (κ3) is 4.53. The fourth-order valence-electron chi connectivity index (χ4n) is 3.12. The van der Waals surface area contributed by atoms with Crippen LogP contribution in [0.25, 0.3) is 0 Å². The van der Waals surface area contributed by atoms with Crippen LogP contribution in [0.4, 0.5) is 0 Å². The summed E-state index contributed by atoms with van der Waals surface area (Å²) >= 11 is 0. The molecule has 0 aliphatic heterocycles. The first-order valence-corrected chi connectivity index (χ1v) is 5.14. The van der Waals surface area contributed by atoms with Gasteiger partial charge >= 0.3 is 0 Å². The van der Waals surface area contributed by atoms with Crippen molar-refractivity contribution in [2.75, 3.05) is 0 Å². The van der Waals surface area contributed by atoms with Gasteiger partial charge in [0.1, 0.15) is 0 Å². The third-order valence-corrected chi connectivity index (χ3v) is 3.68. The molecule has 2 fully saturated rings. The summed E-state index contributed by atoms with van der Waals surface area (Å²) in [4.78, 5) is 0. The Hall–Kier alpha value is 3.31. The Kier molecular flexibility index (Phi) is 13.0. The Morgan fingerprint density at radius 3 is 2.21 bits per heavy atom. The minimum atomic E-state index is 0. The molecule has 0 aromatic heterocycles. The monoisotopic (exact) mass is 418 g/mol. The van der Waals surface area contributed by atoms with E-state index >= 15 is 0 Å². The molecule has 73 valence electrons. The quantitative estimate of drug-likeness (QED) is 0.573. The maximum atomic E-state index is 2.37. The Labute approximate surface area is 165 Å². The fraction of sp³-hybridized carbons (Fsp3) is 0.909. The normalized spacial score (nSPS) is 30.2. The summed E-state index contributed by atoms with van der Waals surface area (Å²) < 4.78 is 0. The van der Waals surface area contributed by atoms with Gasteiger partial charge in [0.25, 0.3) is 0 Å². The van der Waals surface area contributed by atoms with Crippen molar-refractivity contribution in [3.63, 3.8) is 0 Å². The van der Waals surface area contributed by atoms with Crippen LogP contribution in [0, 0.1) is 23.7 Å². The first-order valence-electron chi connectivity index (χ1n) is 5.14. The molecule has 0 aromatic carbocycles. The van der Waals surface area contributed by atoms with Crippen molar-refractivity contribution < 1.29 is 98.1 Å². The summed E-state index contributed by atoms with van der Waals surface area (Å²) in [5.41, 5.74) is 0. The van der Waals surface area contributed by atoms with Crippen LogP contribution in [0.2, 0.25) is 0 Å². The summed E-state index contributed by atoms with van der Waals surface area (Å²) in [6.45, 7) is 4.74. The number of fused-ring (bicyclic) bond motifs is 1. The van der Waals surface area contributed by atoms with E-state index in [0.717, 1.165) is 17.8 Å². The summed E-state index contributed by atoms with van der Waals surface area (Å²) in [7, 11) is 0. The van der Waals surface area contributed by atoms with E-state index < -0.39 is 0 Å². The topological polar surface area (TPSA) is 0 Å². The van der Waals surface area contributed by atoms with E-state index in [0.29, 0.717) is 0 Å². The molecule has 3 radical (unpaired) electrons. The second-order valence-corrected chi connectivity index (χ2v) is 4.57. The van der Waals surface area contributed by atoms with Gasteiger partial charge in [0, 0.05) is 98.1 Å². The molecule has 0 aromatic rings. The molecule has 3 heteroatoms. The van der Waals surface area contributed by atoms with Crippen LogP contribution in [-0.4, -0.2) is 0 Å². The minimum Gasteiger partial charge on any atom is -0.308 e. The van der Waals surface area contributed by atoms with E-state index in [1.165, 1.54) is 32.1 Å². The van der Waals surface area contributed by atoms with Gasteiger partial charge in [0.2, 0.25) is 0 Å². The molecule has 2 aliphatic carbocycles. The first-order chi connectivity index (χ1) is 5.29. The molecule has 0 nitrogen and oxygen atoms in total. The zero-order valence-corrected chi connectivity index (χ0v) is 18.0. The molecule has 14 heavy (non-hydrogen) atoms. The molecule has 0 amide bonds. The molecule has 0 heterocycles. The summed E-state index contributed by atoms with van der Waals surface area (Å²) in [6.07, 6.45) is 7.51. The molecule has 2 unspecified atom stereocenters. The Bertz CT molecular complexity index is 147. The van der Waals surface area contributed by atoms with Crippen LogP contribution >= 0.6 is 0 Å². The fourth-order valence-corrected chi connectivity index (χ4v) is 3.12. The van der Waals surface area contributed by atoms with E-state index in [4.69, 9.17) is 0 Å². The summed E-state index contributed by atoms with van der Waals surface area (Å²) in [5, 5.41) is 0. The van der Waals surface area contributed by atoms with Gasteiger partial charge in [0.05, 0.1) is 0 Å². The standard InChI is InChI=1S/C11H19.3Y/c1-8(2)10-7-6-9-4-3-5-11(9)10;;;/h8-9,11H,3-7H2,1-2H3;;;/q-1;;;. The first kappa shape index (κ1) is 19.6. The van der Waals surface area contributed by atoms with Gasteiger partial charge in [-0.1, -0.05) is 45.4 Å². The molecule has 0 N–H and O–H groups in total. The SMILES string of the molecule is CC(C)[C-]1CCC2CCCC12.[Y].[Y].[Y]. The van der Waals surface area contributed by atoms with E-state index in [1.807, 2.05) is 5.92 Å². The van der Waals surface area contributed by atoms with Crippen molar-refractivity contribution in [2.45, 2.75) is 46.0 Å². The van der Waals surface area contributed by atoms with Crippen molar-refractivity contribution in [2.24, 2.45) is 17.8 Å². The summed E-state index contributed by atoms with van der Waals surface area (Å²) in [6, 6.07) is 0. The van der Waals surface area contributed by atoms with Crippen LogP contribution in [0.1, 0.15) is 46.0 Å². The van der Waals surface area contributed by atoms with Crippen molar-refractivity contribution >= 4 is 0 Å². The molecule has 0 saturated heterocycles. The third-order valence-electron chi connectivity index (χ3n) is 3.68. The van der Waals surface area contributed by atoms with Gasteiger partial charge < -0.3 is 5.92 Å². The van der Waals surface area contributed by atoms with Gasteiger partial charge in [-0.05, 0) is 0 Å². The Morgan fingerprint density at radius 1 is 1.00 bits per heavy atom. The van der Waals surface area contributed by atoms with Gasteiger partial charge in [-0.25, -0.2) is 0 Å². The van der Waals surface area contributed by atoms with Gasteiger partial charge in [-0.2, -0.15) is 18.3 Å². The molecule has 2 atom stereocenters. The molecular formula is C11H19Y3-. The zero-order chi connectivity index (χ0) is 7.84. The van der Waals surface area contributed by atoms with E-state index in [1.54, 1.807) is 0 Å². The predicted molar refractivity (Wildman–Crippen MR) is 48.1 cm³/mol. The van der Waals surface area contributed by atoms with Crippen molar-refractivity contribution in [1.82, 2.24) is 0 Å². The largest absolute Gasteiger partial charge is 0.308 e. The van der Waals surface area contributed by atoms with E-state index in [2.05, 4.69) is 13.8 Å². The second-order valence-electron chi connectivity index (χ2n) is 4.57. The summed E-state index contributed by atoms with van der Waals surface area (Å²) in [5.74, 6) is 4.91. The Balaban J connectivity index is 0. The zero-order valence-electron chi connectivity index (χ0n) is 9.50. The van der Waals surface area contributed by atoms with Crippen LogP contribution < -0.4 is 0 Å². The van der Waals surface area contributed by atoms with Gasteiger partial charge in [-0.15, -0.1) is 0 Å². The van der Waals surface area contributed by atoms with Crippen molar-refractivity contribution in [1.29, 1.82) is 0 Å². The minimum absolute atomic E-state index is 0. The number of hydrogen-bond donors (Lipinski definition) is 0. The second kappa shape index (κ2) is 9.27. The van der Waals surface area contributed by atoms with Crippen LogP contribution in [-0.2, 0) is 98.1 Å². The van der Waals surface area contributed by atoms with Crippen LogP contribution in [0.3, 0.4) is 0 Å². The smallest absolute Gasteiger partial charge is 0 e. The van der Waals surface area contributed by atoms with Gasteiger partial charge in [0.15, 0.2) is 0 Å². The van der Waals surface area contributed by atoms with Crippen molar-refractivity contribution in [3.8, 4) is 0 Å². The van der Waals surface area contributed by atoms with Gasteiger partial charge in [-0.3, -0.25) is 0 Å². The molecule has 2 aliphatic rings. The maximum Gasteiger partial charge on any atom is 0 e. The van der Waals surface area contributed by atoms with Crippen LogP contribution in [0.5, 0.6) is 0 Å². The number of hydrogen-bond acceptors (Lipinski definition) is 0. The molecular weight excluding hydrogens is 399 g/mol.